The van der Waals surface area contributed by atoms with Gasteiger partial charge >= 0.3 is 0 Å². The molecule has 8 rings (SSSR count). The lowest BCUT2D eigenvalue weighted by molar-refractivity contribution is -0.164. The number of halogens is 2. The van der Waals surface area contributed by atoms with E-state index < -0.39 is 5.79 Å². The van der Waals surface area contributed by atoms with Crippen LogP contribution in [0.4, 0.5) is 11.4 Å². The number of rotatable bonds is 14. The normalized spacial score (nSPS) is 18.4. The van der Waals surface area contributed by atoms with Gasteiger partial charge in [-0.2, -0.15) is 0 Å². The molecular weight excluding hydrogens is 867 g/mol. The fraction of sp³-hybridized carbons (Fsp3) is 0.373. The van der Waals surface area contributed by atoms with Gasteiger partial charge in [0.1, 0.15) is 35.7 Å². The van der Waals surface area contributed by atoms with Gasteiger partial charge in [-0.25, -0.2) is 0 Å². The van der Waals surface area contributed by atoms with Crippen LogP contribution >= 0.6 is 23.2 Å². The smallest absolute Gasteiger partial charge is 0.223 e. The molecule has 0 spiro atoms. The first-order chi connectivity index (χ1) is 31.5. The number of hydrogen-bond donors (Lipinski definition) is 1. The number of nitrogens with zero attached hydrogens (tertiary/aromatic N) is 4. The number of ether oxygens (including phenoxy) is 5. The lowest BCUT2D eigenvalue weighted by Gasteiger charge is -2.36. The van der Waals surface area contributed by atoms with E-state index >= 15 is 0 Å². The Morgan fingerprint density at radius 3 is 1.66 bits per heavy atom. The molecule has 1 N–H and O–H groups in total. The van der Waals surface area contributed by atoms with E-state index in [0.29, 0.717) is 55.6 Å². The highest BCUT2D eigenvalue weighted by Crippen LogP contribution is 2.39. The van der Waals surface area contributed by atoms with Crippen LogP contribution in [0.3, 0.4) is 0 Å². The number of anilines is 2. The second-order valence-corrected chi connectivity index (χ2v) is 17.2. The van der Waals surface area contributed by atoms with Crippen molar-refractivity contribution in [1.82, 2.24) is 9.80 Å². The average Bonchev–Trinajstić information content (AvgIpc) is 3.73. The zero-order chi connectivity index (χ0) is 45.8. The molecule has 0 radical (unpaired) electrons. The summed E-state index contributed by atoms with van der Waals surface area (Å²) < 4.78 is 28.6. The zero-order valence-corrected chi connectivity index (χ0v) is 38.8. The summed E-state index contributed by atoms with van der Waals surface area (Å²) in [6.07, 6.45) is 2.23. The van der Waals surface area contributed by atoms with Crippen LogP contribution in [0.2, 0.25) is 10.0 Å². The van der Waals surface area contributed by atoms with Crippen LogP contribution in [-0.4, -0.2) is 113 Å². The van der Waals surface area contributed by atoms with Gasteiger partial charge in [0.2, 0.25) is 11.8 Å². The molecule has 2 amide bonds. The van der Waals surface area contributed by atoms with Gasteiger partial charge in [0.25, 0.3) is 0 Å². The lowest BCUT2D eigenvalue weighted by atomic mass is 10.1. The third kappa shape index (κ3) is 13.0. The molecule has 0 aliphatic carbocycles. The molecule has 14 heteroatoms. The third-order valence-corrected chi connectivity index (χ3v) is 12.5. The van der Waals surface area contributed by atoms with Gasteiger partial charge in [0.15, 0.2) is 5.79 Å². The molecule has 0 saturated carbocycles. The van der Waals surface area contributed by atoms with Crippen LogP contribution in [0.1, 0.15) is 36.5 Å². The van der Waals surface area contributed by atoms with Crippen LogP contribution in [0, 0.1) is 0 Å². The van der Waals surface area contributed by atoms with Crippen molar-refractivity contribution in [2.45, 2.75) is 44.5 Å². The summed E-state index contributed by atoms with van der Waals surface area (Å²) in [5, 5.41) is 10.4. The Labute approximate surface area is 392 Å². The first kappa shape index (κ1) is 47.3. The van der Waals surface area contributed by atoms with Crippen LogP contribution in [0.25, 0.3) is 0 Å². The van der Waals surface area contributed by atoms with Gasteiger partial charge < -0.3 is 48.4 Å². The van der Waals surface area contributed by atoms with Crippen molar-refractivity contribution >= 4 is 46.4 Å². The number of aromatic hydroxyl groups is 1. The van der Waals surface area contributed by atoms with E-state index in [4.69, 9.17) is 46.9 Å². The second-order valence-electron chi connectivity index (χ2n) is 16.4. The summed E-state index contributed by atoms with van der Waals surface area (Å²) in [7, 11) is 3.30. The Bertz CT molecular complexity index is 2340. The van der Waals surface area contributed by atoms with Crippen LogP contribution < -0.4 is 24.0 Å². The topological polar surface area (TPSA) is 113 Å². The van der Waals surface area contributed by atoms with Crippen molar-refractivity contribution < 1.29 is 38.4 Å². The Kier molecular flexibility index (Phi) is 16.4. The number of aryl methyl sites for hydroxylation is 2. The van der Waals surface area contributed by atoms with Gasteiger partial charge in [-0.3, -0.25) is 9.59 Å². The van der Waals surface area contributed by atoms with E-state index in [1.165, 1.54) is 0 Å². The molecule has 3 aliphatic rings. The summed E-state index contributed by atoms with van der Waals surface area (Å²) in [4.78, 5) is 33.7. The van der Waals surface area contributed by atoms with Crippen molar-refractivity contribution in [2.75, 3.05) is 89.6 Å². The number of methoxy groups -OCH3 is 2. The molecule has 3 fully saturated rings. The minimum Gasteiger partial charge on any atom is -0.508 e. The highest BCUT2D eigenvalue weighted by atomic mass is 35.5. The van der Waals surface area contributed by atoms with Gasteiger partial charge in [-0.1, -0.05) is 53.5 Å². The standard InChI is InChI=1S/C31H34Cl2N2O5.C20H24N2O3/c1-31(28-12-7-23(32)19-29(28)33)39-21-27(40-31)20-38-25-10-8-24(9-11-25)34-14-16-35(17-15-34)30(36)13-6-22-4-3-5-26(18-22)37-2;1-25-19-4-2-3-16(15-19)5-10-20(24)22-13-11-21(12-14-22)17-6-8-18(23)9-7-17/h3-5,7-12,18-19,27H,6,13-17,20-21H2,1-2H3;2-4,6-9,15,23H,5,10-14H2,1H3/t27-,31+;/m1./s1. The summed E-state index contributed by atoms with van der Waals surface area (Å²) >= 11 is 12.4. The largest absolute Gasteiger partial charge is 0.508 e. The first-order valence-corrected chi connectivity index (χ1v) is 22.8. The van der Waals surface area contributed by atoms with Gasteiger partial charge in [0.05, 0.1) is 25.8 Å². The molecule has 5 aromatic carbocycles. The maximum absolute atomic E-state index is 12.8. The fourth-order valence-corrected chi connectivity index (χ4v) is 8.81. The number of phenolic OH excluding ortho intramolecular Hbond substituents is 1. The number of carbonyl (C=O) groups is 2. The Balaban J connectivity index is 0.000000216. The molecule has 2 atom stereocenters. The monoisotopic (exact) mass is 924 g/mol. The lowest BCUT2D eigenvalue weighted by Crippen LogP contribution is -2.48. The van der Waals surface area contributed by atoms with Crippen molar-refractivity contribution in [3.8, 4) is 23.0 Å². The first-order valence-electron chi connectivity index (χ1n) is 22.1. The Morgan fingerprint density at radius 2 is 1.17 bits per heavy atom. The summed E-state index contributed by atoms with van der Waals surface area (Å²) in [5.74, 6) is 2.13. The molecule has 344 valence electrons. The Morgan fingerprint density at radius 1 is 0.662 bits per heavy atom. The summed E-state index contributed by atoms with van der Waals surface area (Å²) in [6, 6.07) is 36.3. The van der Waals surface area contributed by atoms with Crippen LogP contribution in [0.15, 0.2) is 115 Å². The minimum absolute atomic E-state index is 0.193. The maximum atomic E-state index is 12.8. The quantitative estimate of drug-likeness (QED) is 0.116. The molecule has 0 bridgehead atoms. The highest BCUT2D eigenvalue weighted by Gasteiger charge is 2.40. The predicted molar refractivity (Wildman–Crippen MR) is 255 cm³/mol. The van der Waals surface area contributed by atoms with E-state index in [1.807, 2.05) is 95.6 Å². The molecule has 65 heavy (non-hydrogen) atoms. The van der Waals surface area contributed by atoms with E-state index in [-0.39, 0.29) is 23.7 Å². The SMILES string of the molecule is COc1cccc(CCC(=O)N2CCN(c3ccc(O)cc3)CC2)c1.COc1cccc(CCC(=O)N2CCN(c3ccc(OC[C@@H]4CO[C@](C)(c5ccc(Cl)cc5Cl)O4)cc3)CC2)c1. The Hall–Kier alpha value is -5.66. The molecule has 3 heterocycles. The van der Waals surface area contributed by atoms with Gasteiger partial charge in [-0.15, -0.1) is 0 Å². The fourth-order valence-electron chi connectivity index (χ4n) is 8.23. The number of benzene rings is 5. The number of amides is 2. The number of carbonyl (C=O) groups excluding carboxylic acids is 2. The van der Waals surface area contributed by atoms with E-state index in [9.17, 15) is 14.7 Å². The molecule has 0 aromatic heterocycles. The molecule has 3 aliphatic heterocycles. The van der Waals surface area contributed by atoms with E-state index in [0.717, 1.165) is 91.0 Å². The number of phenols is 1. The summed E-state index contributed by atoms with van der Waals surface area (Å²) in [5.41, 5.74) is 5.17. The zero-order valence-electron chi connectivity index (χ0n) is 37.3. The maximum Gasteiger partial charge on any atom is 0.223 e. The second kappa shape index (κ2) is 22.5. The number of hydrogen-bond acceptors (Lipinski definition) is 10. The van der Waals surface area contributed by atoms with Crippen molar-refractivity contribution in [3.05, 3.63) is 142 Å². The molecule has 0 unspecified atom stereocenters. The predicted octanol–water partition coefficient (Wildman–Crippen LogP) is 8.63. The third-order valence-electron chi connectivity index (χ3n) is 12.0. The molecule has 12 nitrogen and oxygen atoms in total. The van der Waals surface area contributed by atoms with Crippen LogP contribution in [0.5, 0.6) is 23.0 Å². The average molecular weight is 926 g/mol. The van der Waals surface area contributed by atoms with Crippen molar-refractivity contribution in [3.63, 3.8) is 0 Å². The van der Waals surface area contributed by atoms with Gasteiger partial charge in [-0.05, 0) is 116 Å². The molecule has 5 aromatic rings. The molecular formula is C51H58Cl2N4O8. The minimum atomic E-state index is -0.946. The van der Waals surface area contributed by atoms with Crippen LogP contribution in [-0.2, 0) is 37.7 Å². The highest BCUT2D eigenvalue weighted by molar-refractivity contribution is 6.35. The van der Waals surface area contributed by atoms with E-state index in [1.54, 1.807) is 38.5 Å². The number of piperazine rings is 2. The summed E-state index contributed by atoms with van der Waals surface area (Å²) in [6.45, 7) is 8.72. The van der Waals surface area contributed by atoms with Gasteiger partial charge in [0, 0.05) is 87.2 Å². The molecule has 3 saturated heterocycles. The van der Waals surface area contributed by atoms with Crippen molar-refractivity contribution in [1.29, 1.82) is 0 Å². The van der Waals surface area contributed by atoms with E-state index in [2.05, 4.69) is 21.9 Å². The van der Waals surface area contributed by atoms with Crippen molar-refractivity contribution in [2.24, 2.45) is 0 Å².